The summed E-state index contributed by atoms with van der Waals surface area (Å²) < 4.78 is 5.74. The number of hydrogen-bond donors (Lipinski definition) is 1. The molecule has 0 spiro atoms. The Morgan fingerprint density at radius 1 is 1.05 bits per heavy atom. The Balaban J connectivity index is 2.13. The van der Waals surface area contributed by atoms with Crippen LogP contribution in [0.15, 0.2) is 18.2 Å². The van der Waals surface area contributed by atoms with E-state index in [1.54, 1.807) is 0 Å². The first-order valence-corrected chi connectivity index (χ1v) is 8.70. The van der Waals surface area contributed by atoms with Crippen LogP contribution in [0.2, 0.25) is 5.02 Å². The molecule has 0 radical (unpaired) electrons. The van der Waals surface area contributed by atoms with Gasteiger partial charge in [0.25, 0.3) is 0 Å². The van der Waals surface area contributed by atoms with Crippen LogP contribution in [0, 0.1) is 0 Å². The summed E-state index contributed by atoms with van der Waals surface area (Å²) in [7, 11) is 0. The molecule has 21 heavy (non-hydrogen) atoms. The zero-order chi connectivity index (χ0) is 15.5. The fourth-order valence-corrected chi connectivity index (χ4v) is 2.58. The van der Waals surface area contributed by atoms with Gasteiger partial charge in [-0.25, -0.2) is 0 Å². The Bertz CT molecular complexity index is 393. The number of rotatable bonds is 11. The second-order valence-electron chi connectivity index (χ2n) is 5.80. The van der Waals surface area contributed by atoms with Gasteiger partial charge in [-0.3, -0.25) is 0 Å². The minimum Gasteiger partial charge on any atom is -0.492 e. The number of unbranched alkanes of at least 4 members (excludes halogenated alkanes) is 7. The summed E-state index contributed by atoms with van der Waals surface area (Å²) in [5.41, 5.74) is 6.87. The summed E-state index contributed by atoms with van der Waals surface area (Å²) in [6.07, 6.45) is 10.4. The average molecular weight is 312 g/mol. The molecule has 1 atom stereocenters. The van der Waals surface area contributed by atoms with Crippen molar-refractivity contribution in [3.05, 3.63) is 28.8 Å². The smallest absolute Gasteiger partial charge is 0.137 e. The lowest BCUT2D eigenvalue weighted by molar-refractivity contribution is 0.304. The van der Waals surface area contributed by atoms with Gasteiger partial charge in [0, 0.05) is 6.04 Å². The zero-order valence-electron chi connectivity index (χ0n) is 13.5. The van der Waals surface area contributed by atoms with Crippen LogP contribution in [0.1, 0.15) is 76.8 Å². The monoisotopic (exact) mass is 311 g/mol. The first-order valence-electron chi connectivity index (χ1n) is 8.33. The molecule has 0 saturated heterocycles. The van der Waals surface area contributed by atoms with Crippen LogP contribution in [-0.4, -0.2) is 6.61 Å². The van der Waals surface area contributed by atoms with Crippen molar-refractivity contribution in [3.8, 4) is 5.75 Å². The number of nitrogens with two attached hydrogens (primary N) is 1. The summed E-state index contributed by atoms with van der Waals surface area (Å²) in [6, 6.07) is 5.81. The predicted octanol–water partition coefficient (Wildman–Crippen LogP) is 5.88. The van der Waals surface area contributed by atoms with E-state index < -0.39 is 0 Å². The Hall–Kier alpha value is -0.730. The van der Waals surface area contributed by atoms with Crippen molar-refractivity contribution in [2.75, 3.05) is 6.61 Å². The van der Waals surface area contributed by atoms with E-state index in [0.717, 1.165) is 24.3 Å². The largest absolute Gasteiger partial charge is 0.492 e. The van der Waals surface area contributed by atoms with Gasteiger partial charge in [0.2, 0.25) is 0 Å². The van der Waals surface area contributed by atoms with Crippen molar-refractivity contribution in [1.29, 1.82) is 0 Å². The molecule has 1 aromatic carbocycles. The standard InChI is InChI=1S/C18H30ClNO/c1-3-4-5-6-7-8-9-10-13-21-18-12-11-16(15(2)20)14-17(18)19/h11-12,14-15H,3-10,13,20H2,1-2H3/t15-/m1/s1. The fourth-order valence-electron chi connectivity index (χ4n) is 2.34. The van der Waals surface area contributed by atoms with E-state index in [1.165, 1.54) is 44.9 Å². The molecule has 0 aromatic heterocycles. The third-order valence-electron chi connectivity index (χ3n) is 3.74. The molecule has 0 saturated carbocycles. The molecular weight excluding hydrogens is 282 g/mol. The van der Waals surface area contributed by atoms with Crippen molar-refractivity contribution < 1.29 is 4.74 Å². The summed E-state index contributed by atoms with van der Waals surface area (Å²) in [4.78, 5) is 0. The fraction of sp³-hybridized carbons (Fsp3) is 0.667. The van der Waals surface area contributed by atoms with E-state index in [0.29, 0.717) is 5.02 Å². The first kappa shape index (κ1) is 18.3. The molecule has 0 aliphatic carbocycles. The summed E-state index contributed by atoms with van der Waals surface area (Å²) >= 11 is 6.20. The average Bonchev–Trinajstić information content (AvgIpc) is 2.46. The lowest BCUT2D eigenvalue weighted by Crippen LogP contribution is -2.05. The maximum Gasteiger partial charge on any atom is 0.137 e. The molecule has 1 aromatic rings. The van der Waals surface area contributed by atoms with Crippen LogP contribution in [0.25, 0.3) is 0 Å². The molecule has 0 heterocycles. The normalized spacial score (nSPS) is 12.4. The third kappa shape index (κ3) is 7.73. The molecule has 0 bridgehead atoms. The Morgan fingerprint density at radius 3 is 2.24 bits per heavy atom. The SMILES string of the molecule is CCCCCCCCCCOc1ccc([C@@H](C)N)cc1Cl. The van der Waals surface area contributed by atoms with Crippen LogP contribution in [0.4, 0.5) is 0 Å². The number of benzene rings is 1. The lowest BCUT2D eigenvalue weighted by Gasteiger charge is -2.11. The molecule has 2 N–H and O–H groups in total. The molecule has 0 amide bonds. The minimum atomic E-state index is 0.00394. The molecule has 120 valence electrons. The lowest BCUT2D eigenvalue weighted by atomic mass is 10.1. The van der Waals surface area contributed by atoms with Crippen molar-refractivity contribution >= 4 is 11.6 Å². The number of ether oxygens (including phenoxy) is 1. The van der Waals surface area contributed by atoms with Crippen molar-refractivity contribution in [3.63, 3.8) is 0 Å². The molecule has 1 rings (SSSR count). The van der Waals surface area contributed by atoms with E-state index in [-0.39, 0.29) is 6.04 Å². The molecule has 0 fully saturated rings. The summed E-state index contributed by atoms with van der Waals surface area (Å²) in [5.74, 6) is 0.768. The van der Waals surface area contributed by atoms with Gasteiger partial charge in [-0.15, -0.1) is 0 Å². The highest BCUT2D eigenvalue weighted by Crippen LogP contribution is 2.27. The van der Waals surface area contributed by atoms with Gasteiger partial charge >= 0.3 is 0 Å². The van der Waals surface area contributed by atoms with E-state index in [2.05, 4.69) is 6.92 Å². The van der Waals surface area contributed by atoms with Crippen LogP contribution in [0.3, 0.4) is 0 Å². The van der Waals surface area contributed by atoms with Gasteiger partial charge < -0.3 is 10.5 Å². The molecule has 0 aliphatic heterocycles. The van der Waals surface area contributed by atoms with Crippen molar-refractivity contribution in [2.45, 2.75) is 71.3 Å². The van der Waals surface area contributed by atoms with E-state index >= 15 is 0 Å². The second kappa shape index (κ2) is 10.9. The van der Waals surface area contributed by atoms with Gasteiger partial charge in [0.1, 0.15) is 5.75 Å². The van der Waals surface area contributed by atoms with Gasteiger partial charge in [-0.2, -0.15) is 0 Å². The maximum atomic E-state index is 6.20. The molecule has 0 unspecified atom stereocenters. The van der Waals surface area contributed by atoms with Crippen LogP contribution in [0.5, 0.6) is 5.75 Å². The molecule has 2 nitrogen and oxygen atoms in total. The Kier molecular flexibility index (Phi) is 9.53. The quantitative estimate of drug-likeness (QED) is 0.518. The Morgan fingerprint density at radius 2 is 1.67 bits per heavy atom. The first-order chi connectivity index (χ1) is 10.1. The molecule has 3 heteroatoms. The van der Waals surface area contributed by atoms with Crippen molar-refractivity contribution in [2.24, 2.45) is 5.73 Å². The predicted molar refractivity (Wildman–Crippen MR) is 92.2 cm³/mol. The zero-order valence-corrected chi connectivity index (χ0v) is 14.3. The Labute approximate surface area is 135 Å². The number of halogens is 1. The van der Waals surface area contributed by atoms with Crippen LogP contribution >= 0.6 is 11.6 Å². The topological polar surface area (TPSA) is 35.2 Å². The van der Waals surface area contributed by atoms with Gasteiger partial charge in [-0.1, -0.05) is 69.5 Å². The van der Waals surface area contributed by atoms with Crippen LogP contribution in [-0.2, 0) is 0 Å². The highest BCUT2D eigenvalue weighted by molar-refractivity contribution is 6.32. The van der Waals surface area contributed by atoms with Crippen LogP contribution < -0.4 is 10.5 Å². The van der Waals surface area contributed by atoms with Gasteiger partial charge in [0.05, 0.1) is 11.6 Å². The van der Waals surface area contributed by atoms with E-state index in [4.69, 9.17) is 22.1 Å². The highest BCUT2D eigenvalue weighted by Gasteiger charge is 2.05. The minimum absolute atomic E-state index is 0.00394. The van der Waals surface area contributed by atoms with Crippen molar-refractivity contribution in [1.82, 2.24) is 0 Å². The van der Waals surface area contributed by atoms with Gasteiger partial charge in [0.15, 0.2) is 0 Å². The summed E-state index contributed by atoms with van der Waals surface area (Å²) in [5, 5.41) is 0.657. The third-order valence-corrected chi connectivity index (χ3v) is 4.03. The van der Waals surface area contributed by atoms with E-state index in [9.17, 15) is 0 Å². The highest BCUT2D eigenvalue weighted by atomic mass is 35.5. The molecular formula is C18H30ClNO. The maximum absolute atomic E-state index is 6.20. The number of hydrogen-bond acceptors (Lipinski definition) is 2. The summed E-state index contributed by atoms with van der Waals surface area (Å²) in [6.45, 7) is 4.95. The molecule has 0 aliphatic rings. The van der Waals surface area contributed by atoms with E-state index in [1.807, 2.05) is 25.1 Å². The second-order valence-corrected chi connectivity index (χ2v) is 6.21. The van der Waals surface area contributed by atoms with Gasteiger partial charge in [-0.05, 0) is 31.0 Å².